The molecule has 2 heterocycles. The number of fused-ring (bicyclic) bond motifs is 2. The number of carbonyl (C=O) groups excluding carboxylic acids is 1. The van der Waals surface area contributed by atoms with Gasteiger partial charge in [-0.1, -0.05) is 43.2 Å². The summed E-state index contributed by atoms with van der Waals surface area (Å²) >= 11 is 6.23. The van der Waals surface area contributed by atoms with Crippen LogP contribution in [0, 0.1) is 30.1 Å². The van der Waals surface area contributed by atoms with Gasteiger partial charge in [0.2, 0.25) is 0 Å². The lowest BCUT2D eigenvalue weighted by atomic mass is 9.55. The van der Waals surface area contributed by atoms with Crippen molar-refractivity contribution in [1.82, 2.24) is 4.90 Å². The molecule has 32 heavy (non-hydrogen) atoms. The summed E-state index contributed by atoms with van der Waals surface area (Å²) in [5.74, 6) is -0.0673. The van der Waals surface area contributed by atoms with Gasteiger partial charge in [-0.2, -0.15) is 0 Å². The van der Waals surface area contributed by atoms with Crippen LogP contribution in [0.25, 0.3) is 0 Å². The third-order valence-corrected chi connectivity index (χ3v) is 9.14. The Hall–Kier alpha value is -1.56. The monoisotopic (exact) mass is 458 g/mol. The van der Waals surface area contributed by atoms with Crippen LogP contribution in [0.1, 0.15) is 38.7 Å². The molecular formula is C26H35ClN2O3. The molecule has 3 fully saturated rings. The molecular weight excluding hydrogens is 424 g/mol. The number of rotatable bonds is 3. The van der Waals surface area contributed by atoms with Crippen molar-refractivity contribution in [2.75, 3.05) is 37.6 Å². The molecule has 1 saturated carbocycles. The summed E-state index contributed by atoms with van der Waals surface area (Å²) in [6.45, 7) is 10.8. The van der Waals surface area contributed by atoms with E-state index < -0.39 is 6.10 Å². The lowest BCUT2D eigenvalue weighted by Gasteiger charge is -2.52. The third-order valence-electron chi connectivity index (χ3n) is 8.91. The summed E-state index contributed by atoms with van der Waals surface area (Å²) in [4.78, 5) is 17.7. The maximum Gasteiger partial charge on any atom is 0.311 e. The zero-order chi connectivity index (χ0) is 22.6. The maximum atomic E-state index is 12.9. The number of aliphatic hydroxyl groups excluding tert-OH is 1. The first-order chi connectivity index (χ1) is 15.3. The van der Waals surface area contributed by atoms with Crippen LogP contribution in [0.2, 0.25) is 5.02 Å². The normalized spacial score (nSPS) is 37.5. The molecule has 0 spiro atoms. The minimum Gasteiger partial charge on any atom is -0.461 e. The molecule has 5 rings (SSSR count). The van der Waals surface area contributed by atoms with Gasteiger partial charge in [0.25, 0.3) is 0 Å². The van der Waals surface area contributed by atoms with Crippen LogP contribution in [0.3, 0.4) is 0 Å². The Bertz CT molecular complexity index is 926. The Kier molecular flexibility index (Phi) is 5.80. The van der Waals surface area contributed by atoms with Gasteiger partial charge in [-0.15, -0.1) is 0 Å². The molecule has 4 aliphatic rings. The van der Waals surface area contributed by atoms with Crippen molar-refractivity contribution in [3.05, 3.63) is 40.4 Å². The topological polar surface area (TPSA) is 53.0 Å². The third kappa shape index (κ3) is 3.57. The lowest BCUT2D eigenvalue weighted by molar-refractivity contribution is -0.145. The van der Waals surface area contributed by atoms with Crippen molar-refractivity contribution in [2.45, 2.75) is 52.2 Å². The number of esters is 1. The average Bonchev–Trinajstić information content (AvgIpc) is 3.08. The molecule has 5 nitrogen and oxygen atoms in total. The fourth-order valence-corrected chi connectivity index (χ4v) is 6.81. The van der Waals surface area contributed by atoms with Crippen molar-refractivity contribution in [3.8, 4) is 0 Å². The molecule has 6 atom stereocenters. The van der Waals surface area contributed by atoms with Crippen molar-refractivity contribution in [2.24, 2.45) is 23.2 Å². The van der Waals surface area contributed by atoms with Gasteiger partial charge in [0.05, 0.1) is 12.0 Å². The number of nitrogens with zero attached hydrogens (tertiary/aromatic N) is 2. The zero-order valence-corrected chi connectivity index (χ0v) is 20.1. The molecule has 0 bridgehead atoms. The van der Waals surface area contributed by atoms with Crippen LogP contribution in [0.15, 0.2) is 29.8 Å². The number of anilines is 1. The summed E-state index contributed by atoms with van der Waals surface area (Å²) in [6.07, 6.45) is 4.52. The first-order valence-electron chi connectivity index (χ1n) is 12.1. The molecule has 0 radical (unpaired) electrons. The smallest absolute Gasteiger partial charge is 0.311 e. The van der Waals surface area contributed by atoms with E-state index in [9.17, 15) is 9.90 Å². The number of benzene rings is 1. The van der Waals surface area contributed by atoms with Gasteiger partial charge >= 0.3 is 5.97 Å². The number of allylic oxidation sites excluding steroid dienone is 1. The highest BCUT2D eigenvalue weighted by atomic mass is 35.5. The van der Waals surface area contributed by atoms with E-state index in [1.54, 1.807) is 0 Å². The van der Waals surface area contributed by atoms with E-state index in [0.29, 0.717) is 12.5 Å². The van der Waals surface area contributed by atoms with Gasteiger partial charge in [-0.3, -0.25) is 9.69 Å². The molecule has 1 aromatic rings. The standard InChI is InChI=1S/C26H35ClN2O3/c1-16-7-8-19(27)14-21(16)29-11-9-28(10-12-29)15-20-23-22(32-25(20)31)13-18-6-4-5-17(2)26(18,3)24(23)30/h6-8,14,17,20,22-24,30H,4-5,9-13,15H2,1-3H3/t17-,20+,22-,23-,24+,26-/m1/s1. The van der Waals surface area contributed by atoms with E-state index >= 15 is 0 Å². The molecule has 2 aliphatic carbocycles. The number of hydrogen-bond donors (Lipinski definition) is 1. The summed E-state index contributed by atoms with van der Waals surface area (Å²) in [6, 6.07) is 6.04. The van der Waals surface area contributed by atoms with E-state index in [1.807, 2.05) is 12.1 Å². The number of piperazine rings is 1. The number of carbonyl (C=O) groups is 1. The number of hydrogen-bond acceptors (Lipinski definition) is 5. The summed E-state index contributed by atoms with van der Waals surface area (Å²) in [5.41, 5.74) is 3.48. The van der Waals surface area contributed by atoms with E-state index in [0.717, 1.165) is 50.5 Å². The van der Waals surface area contributed by atoms with Crippen LogP contribution in [-0.4, -0.2) is 60.9 Å². The van der Waals surface area contributed by atoms with Crippen LogP contribution in [0.5, 0.6) is 0 Å². The number of aliphatic hydroxyl groups is 1. The predicted octanol–water partition coefficient (Wildman–Crippen LogP) is 4.06. The fourth-order valence-electron chi connectivity index (χ4n) is 6.65. The predicted molar refractivity (Wildman–Crippen MR) is 127 cm³/mol. The zero-order valence-electron chi connectivity index (χ0n) is 19.4. The van der Waals surface area contributed by atoms with Gasteiger partial charge in [-0.25, -0.2) is 0 Å². The van der Waals surface area contributed by atoms with E-state index in [2.05, 4.69) is 42.7 Å². The maximum absolute atomic E-state index is 12.9. The molecule has 1 aromatic carbocycles. The molecule has 0 aromatic heterocycles. The summed E-state index contributed by atoms with van der Waals surface area (Å²) < 4.78 is 5.85. The summed E-state index contributed by atoms with van der Waals surface area (Å²) in [5, 5.41) is 12.3. The number of ether oxygens (including phenoxy) is 1. The molecule has 174 valence electrons. The largest absolute Gasteiger partial charge is 0.461 e. The number of halogens is 1. The van der Waals surface area contributed by atoms with E-state index in [-0.39, 0.29) is 29.3 Å². The SMILES string of the molecule is Cc1ccc(Cl)cc1N1CCN(C[C@@H]2C(=O)O[C@@H]3CC4=CCC[C@@H](C)[C@@]4(C)[C@@H](O)[C@H]23)CC1. The highest BCUT2D eigenvalue weighted by Gasteiger charge is 2.59. The molecule has 1 N–H and O–H groups in total. The quantitative estimate of drug-likeness (QED) is 0.547. The highest BCUT2D eigenvalue weighted by molar-refractivity contribution is 6.30. The Morgan fingerprint density at radius 1 is 1.25 bits per heavy atom. The minimum atomic E-state index is -0.533. The van der Waals surface area contributed by atoms with Crippen molar-refractivity contribution in [1.29, 1.82) is 0 Å². The van der Waals surface area contributed by atoms with Gasteiger partial charge in [0.1, 0.15) is 6.10 Å². The van der Waals surface area contributed by atoms with Crippen LogP contribution >= 0.6 is 11.6 Å². The second-order valence-electron chi connectivity index (χ2n) is 10.5. The second-order valence-corrected chi connectivity index (χ2v) is 11.0. The molecule has 0 unspecified atom stereocenters. The Labute approximate surface area is 196 Å². The van der Waals surface area contributed by atoms with Gasteiger partial charge in [0.15, 0.2) is 0 Å². The van der Waals surface area contributed by atoms with Crippen molar-refractivity contribution >= 4 is 23.3 Å². The minimum absolute atomic E-state index is 0.113. The molecule has 0 amide bonds. The fraction of sp³-hybridized carbons (Fsp3) is 0.654. The number of aryl methyl sites for hydroxylation is 1. The van der Waals surface area contributed by atoms with Crippen LogP contribution < -0.4 is 4.90 Å². The van der Waals surface area contributed by atoms with Gasteiger partial charge in [0, 0.05) is 61.2 Å². The van der Waals surface area contributed by atoms with Gasteiger partial charge in [-0.05, 0) is 43.4 Å². The van der Waals surface area contributed by atoms with Crippen molar-refractivity contribution < 1.29 is 14.6 Å². The molecule has 6 heteroatoms. The van der Waals surface area contributed by atoms with Crippen LogP contribution in [-0.2, 0) is 9.53 Å². The first-order valence-corrected chi connectivity index (χ1v) is 12.5. The Morgan fingerprint density at radius 3 is 2.75 bits per heavy atom. The van der Waals surface area contributed by atoms with Crippen molar-refractivity contribution in [3.63, 3.8) is 0 Å². The molecule has 2 saturated heterocycles. The first kappa shape index (κ1) is 22.2. The summed E-state index contributed by atoms with van der Waals surface area (Å²) in [7, 11) is 0. The Balaban J connectivity index is 1.28. The second kappa shape index (κ2) is 8.34. The Morgan fingerprint density at radius 2 is 2.00 bits per heavy atom. The molecule has 2 aliphatic heterocycles. The van der Waals surface area contributed by atoms with Crippen LogP contribution in [0.4, 0.5) is 5.69 Å². The highest BCUT2D eigenvalue weighted by Crippen LogP contribution is 2.56. The van der Waals surface area contributed by atoms with E-state index in [1.165, 1.54) is 16.8 Å². The average molecular weight is 459 g/mol. The van der Waals surface area contributed by atoms with E-state index in [4.69, 9.17) is 16.3 Å². The van der Waals surface area contributed by atoms with Gasteiger partial charge < -0.3 is 14.7 Å². The lowest BCUT2D eigenvalue weighted by Crippen LogP contribution is -2.55.